The van der Waals surface area contributed by atoms with Crippen molar-refractivity contribution in [2.24, 2.45) is 0 Å². The molecule has 1 aliphatic rings. The van der Waals surface area contributed by atoms with Crippen molar-refractivity contribution in [2.75, 3.05) is 17.3 Å². The molecular weight excluding hydrogens is 468 g/mol. The monoisotopic (exact) mass is 490 g/mol. The summed E-state index contributed by atoms with van der Waals surface area (Å²) in [7, 11) is -3.05. The lowest BCUT2D eigenvalue weighted by Gasteiger charge is -2.15. The third kappa shape index (κ3) is 5.00. The van der Waals surface area contributed by atoms with E-state index in [1.54, 1.807) is 6.07 Å². The molecule has 3 aromatic rings. The van der Waals surface area contributed by atoms with Crippen LogP contribution in [0.15, 0.2) is 47.6 Å². The molecule has 2 heterocycles. The van der Waals surface area contributed by atoms with E-state index in [9.17, 15) is 13.2 Å². The Kier molecular flexibility index (Phi) is 6.60. The van der Waals surface area contributed by atoms with Crippen LogP contribution in [-0.4, -0.2) is 52.4 Å². The summed E-state index contributed by atoms with van der Waals surface area (Å²) in [6.07, 6.45) is 0.452. The average molecular weight is 491 g/mol. The first-order valence-corrected chi connectivity index (χ1v) is 13.3. The largest absolute Gasteiger partial charge is 0.352 e. The number of hydrogen-bond acceptors (Lipinski definition) is 6. The number of halogens is 1. The van der Waals surface area contributed by atoms with Crippen LogP contribution < -0.4 is 5.32 Å². The number of benzene rings is 2. The molecule has 1 fully saturated rings. The highest BCUT2D eigenvalue weighted by Crippen LogP contribution is 2.33. The van der Waals surface area contributed by atoms with Crippen LogP contribution in [0, 0.1) is 13.8 Å². The van der Waals surface area contributed by atoms with Crippen LogP contribution in [0.4, 0.5) is 0 Å². The maximum Gasteiger partial charge on any atom is 0.230 e. The van der Waals surface area contributed by atoms with E-state index in [0.29, 0.717) is 22.4 Å². The Labute approximate surface area is 196 Å². The summed E-state index contributed by atoms with van der Waals surface area (Å²) in [4.78, 5) is 12.5. The van der Waals surface area contributed by atoms with Crippen LogP contribution in [0.2, 0.25) is 5.02 Å². The molecule has 0 unspecified atom stereocenters. The van der Waals surface area contributed by atoms with Crippen molar-refractivity contribution in [3.63, 3.8) is 0 Å². The van der Waals surface area contributed by atoms with E-state index in [2.05, 4.69) is 15.5 Å². The average Bonchev–Trinajstić information content (AvgIpc) is 3.31. The van der Waals surface area contributed by atoms with Gasteiger partial charge in [-0.25, -0.2) is 8.42 Å². The van der Waals surface area contributed by atoms with Crippen molar-refractivity contribution < 1.29 is 13.2 Å². The van der Waals surface area contributed by atoms with Gasteiger partial charge in [0.1, 0.15) is 0 Å². The number of nitrogens with zero attached hydrogens (tertiary/aromatic N) is 3. The fourth-order valence-corrected chi connectivity index (χ4v) is 6.32. The van der Waals surface area contributed by atoms with Crippen molar-refractivity contribution >= 4 is 39.1 Å². The highest BCUT2D eigenvalue weighted by molar-refractivity contribution is 7.99. The van der Waals surface area contributed by atoms with Crippen molar-refractivity contribution in [3.05, 3.63) is 58.6 Å². The summed E-state index contributed by atoms with van der Waals surface area (Å²) < 4.78 is 25.2. The van der Waals surface area contributed by atoms with Crippen molar-refractivity contribution in [2.45, 2.75) is 31.5 Å². The number of thioether (sulfide) groups is 1. The van der Waals surface area contributed by atoms with Gasteiger partial charge in [0, 0.05) is 11.6 Å². The van der Waals surface area contributed by atoms with Crippen LogP contribution in [-0.2, 0) is 14.6 Å². The van der Waals surface area contributed by atoms with Crippen LogP contribution in [0.1, 0.15) is 17.5 Å². The molecule has 4 rings (SSSR count). The van der Waals surface area contributed by atoms with Gasteiger partial charge in [-0.1, -0.05) is 47.6 Å². The van der Waals surface area contributed by atoms with Crippen molar-refractivity contribution in [3.8, 4) is 17.1 Å². The van der Waals surface area contributed by atoms with Gasteiger partial charge in [-0.2, -0.15) is 0 Å². The maximum absolute atomic E-state index is 12.5. The molecule has 7 nitrogen and oxygen atoms in total. The molecule has 1 atom stereocenters. The molecule has 0 spiro atoms. The van der Waals surface area contributed by atoms with Crippen LogP contribution >= 0.6 is 23.4 Å². The van der Waals surface area contributed by atoms with E-state index in [1.165, 1.54) is 11.8 Å². The zero-order valence-corrected chi connectivity index (χ0v) is 20.1. The molecule has 1 aromatic heterocycles. The van der Waals surface area contributed by atoms with Gasteiger partial charge in [0.05, 0.1) is 28.0 Å². The summed E-state index contributed by atoms with van der Waals surface area (Å²) in [5, 5.41) is 12.7. The van der Waals surface area contributed by atoms with Crippen LogP contribution in [0.3, 0.4) is 0 Å². The molecule has 1 amide bonds. The number of aromatic nitrogens is 3. The number of sulfone groups is 1. The zero-order chi connectivity index (χ0) is 22.9. The third-order valence-corrected chi connectivity index (χ3v) is 8.31. The van der Waals surface area contributed by atoms with Crippen LogP contribution in [0.25, 0.3) is 17.1 Å². The minimum atomic E-state index is -3.05. The Hall–Kier alpha value is -2.36. The van der Waals surface area contributed by atoms with E-state index in [1.807, 2.05) is 54.8 Å². The Balaban J connectivity index is 1.63. The van der Waals surface area contributed by atoms with Gasteiger partial charge in [0.2, 0.25) is 5.91 Å². The van der Waals surface area contributed by atoms with E-state index in [4.69, 9.17) is 11.6 Å². The number of carbonyl (C=O) groups is 1. The molecule has 10 heteroatoms. The summed E-state index contributed by atoms with van der Waals surface area (Å²) >= 11 is 7.70. The first-order valence-electron chi connectivity index (χ1n) is 10.1. The first-order chi connectivity index (χ1) is 15.2. The fraction of sp³-hybridized carbons (Fsp3) is 0.318. The number of carbonyl (C=O) groups excluding carboxylic acids is 1. The smallest absolute Gasteiger partial charge is 0.230 e. The van der Waals surface area contributed by atoms with Crippen LogP contribution in [0.5, 0.6) is 0 Å². The lowest BCUT2D eigenvalue weighted by atomic mass is 10.1. The molecule has 168 valence electrons. The Morgan fingerprint density at radius 1 is 1.22 bits per heavy atom. The molecule has 0 saturated carbocycles. The van der Waals surface area contributed by atoms with Gasteiger partial charge >= 0.3 is 0 Å². The predicted octanol–water partition coefficient (Wildman–Crippen LogP) is 3.60. The van der Waals surface area contributed by atoms with Gasteiger partial charge in [-0.3, -0.25) is 9.36 Å². The molecule has 1 saturated heterocycles. The zero-order valence-electron chi connectivity index (χ0n) is 17.7. The number of hydrogen-bond donors (Lipinski definition) is 1. The van der Waals surface area contributed by atoms with E-state index >= 15 is 0 Å². The van der Waals surface area contributed by atoms with Gasteiger partial charge in [-0.05, 0) is 49.6 Å². The molecule has 0 bridgehead atoms. The maximum atomic E-state index is 12.5. The fourth-order valence-electron chi connectivity index (χ4n) is 3.67. The summed E-state index contributed by atoms with van der Waals surface area (Å²) in [5.74, 6) is 0.578. The minimum absolute atomic E-state index is 0.00126. The number of nitrogens with one attached hydrogen (secondary N) is 1. The SMILES string of the molecule is Cc1ccc(C)c(-n2c(SCC(=O)N[C@@H]3CCS(=O)(=O)C3)nnc2-c2ccccc2Cl)c1. The van der Waals surface area contributed by atoms with Gasteiger partial charge in [-0.15, -0.1) is 10.2 Å². The topological polar surface area (TPSA) is 94.0 Å². The molecule has 1 N–H and O–H groups in total. The van der Waals surface area contributed by atoms with E-state index in [-0.39, 0.29) is 29.2 Å². The van der Waals surface area contributed by atoms with E-state index < -0.39 is 9.84 Å². The Bertz CT molecular complexity index is 1270. The molecule has 32 heavy (non-hydrogen) atoms. The Morgan fingerprint density at radius 3 is 2.72 bits per heavy atom. The second-order valence-electron chi connectivity index (χ2n) is 7.87. The van der Waals surface area contributed by atoms with Gasteiger partial charge in [0.25, 0.3) is 0 Å². The number of amides is 1. The van der Waals surface area contributed by atoms with Gasteiger partial charge in [0.15, 0.2) is 20.8 Å². The predicted molar refractivity (Wildman–Crippen MR) is 127 cm³/mol. The number of aryl methyl sites for hydroxylation is 2. The summed E-state index contributed by atoms with van der Waals surface area (Å²) in [6.45, 7) is 4.02. The minimum Gasteiger partial charge on any atom is -0.352 e. The molecular formula is C22H23ClN4O3S2. The normalized spacial score (nSPS) is 17.4. The lowest BCUT2D eigenvalue weighted by Crippen LogP contribution is -2.36. The third-order valence-electron chi connectivity index (χ3n) is 5.28. The highest BCUT2D eigenvalue weighted by Gasteiger charge is 2.29. The van der Waals surface area contributed by atoms with Gasteiger partial charge < -0.3 is 5.32 Å². The molecule has 0 aliphatic carbocycles. The molecule has 2 aromatic carbocycles. The Morgan fingerprint density at radius 2 is 2.00 bits per heavy atom. The lowest BCUT2D eigenvalue weighted by molar-refractivity contribution is -0.119. The standard InChI is InChI=1S/C22H23ClN4O3S2/c1-14-7-8-15(2)19(11-14)27-21(17-5-3-4-6-18(17)23)25-26-22(27)31-12-20(28)24-16-9-10-32(29,30)13-16/h3-8,11,16H,9-10,12-13H2,1-2H3,(H,24,28)/t16-/m1/s1. The molecule has 1 aliphatic heterocycles. The molecule has 0 radical (unpaired) electrons. The second kappa shape index (κ2) is 9.25. The summed E-state index contributed by atoms with van der Waals surface area (Å²) in [5.41, 5.74) is 3.77. The highest BCUT2D eigenvalue weighted by atomic mass is 35.5. The van der Waals surface area contributed by atoms with E-state index in [0.717, 1.165) is 22.4 Å². The van der Waals surface area contributed by atoms with Crippen molar-refractivity contribution in [1.82, 2.24) is 20.1 Å². The number of rotatable bonds is 6. The van der Waals surface area contributed by atoms with Crippen molar-refractivity contribution in [1.29, 1.82) is 0 Å². The quantitative estimate of drug-likeness (QED) is 0.530. The first kappa shape index (κ1) is 22.8. The second-order valence-corrected chi connectivity index (χ2v) is 11.4. The summed E-state index contributed by atoms with van der Waals surface area (Å²) in [6, 6.07) is 13.2.